The Labute approximate surface area is 154 Å². The van der Waals surface area contributed by atoms with Crippen LogP contribution >= 0.6 is 0 Å². The van der Waals surface area contributed by atoms with Crippen LogP contribution in [0.4, 0.5) is 11.4 Å². The Morgan fingerprint density at radius 1 is 1.38 bits per heavy atom. The third-order valence-corrected chi connectivity index (χ3v) is 5.26. The summed E-state index contributed by atoms with van der Waals surface area (Å²) in [6.45, 7) is 4.28. The summed E-state index contributed by atoms with van der Waals surface area (Å²) < 4.78 is 0. The van der Waals surface area contributed by atoms with Crippen LogP contribution in [0.2, 0.25) is 0 Å². The van der Waals surface area contributed by atoms with Crippen molar-refractivity contribution in [1.82, 2.24) is 0 Å². The molecule has 2 rings (SSSR count). The summed E-state index contributed by atoms with van der Waals surface area (Å²) in [6, 6.07) is 4.87. The van der Waals surface area contributed by atoms with E-state index in [0.29, 0.717) is 37.2 Å². The molecule has 1 unspecified atom stereocenters. The molecule has 1 amide bonds. The minimum Gasteiger partial charge on any atom is -0.478 e. The zero-order valence-corrected chi connectivity index (χ0v) is 15.5. The van der Waals surface area contributed by atoms with Gasteiger partial charge >= 0.3 is 5.97 Å². The van der Waals surface area contributed by atoms with Gasteiger partial charge in [-0.2, -0.15) is 0 Å². The lowest BCUT2D eigenvalue weighted by Gasteiger charge is -2.38. The van der Waals surface area contributed by atoms with E-state index in [-0.39, 0.29) is 24.1 Å². The maximum absolute atomic E-state index is 12.6. The number of amides is 1. The number of aliphatic hydroxyl groups is 1. The fourth-order valence-electron chi connectivity index (χ4n) is 3.64. The van der Waals surface area contributed by atoms with E-state index in [2.05, 4.69) is 19.2 Å². The average Bonchev–Trinajstić information content (AvgIpc) is 2.96. The van der Waals surface area contributed by atoms with Crippen LogP contribution in [0, 0.1) is 0 Å². The second-order valence-electron chi connectivity index (χ2n) is 6.85. The first-order valence-electron chi connectivity index (χ1n) is 9.20. The summed E-state index contributed by atoms with van der Waals surface area (Å²) in [4.78, 5) is 25.7. The molecule has 0 spiro atoms. The van der Waals surface area contributed by atoms with Crippen LogP contribution in [0.3, 0.4) is 0 Å². The molecule has 1 aliphatic rings. The molecule has 5 N–H and O–H groups in total. The maximum atomic E-state index is 12.6. The van der Waals surface area contributed by atoms with E-state index >= 15 is 0 Å². The highest BCUT2D eigenvalue weighted by molar-refractivity contribution is 6.01. The van der Waals surface area contributed by atoms with Gasteiger partial charge in [0.05, 0.1) is 29.1 Å². The number of carbonyl (C=O) groups excluding carboxylic acids is 1. The molecule has 0 saturated carbocycles. The molecule has 1 heterocycles. The van der Waals surface area contributed by atoms with Crippen molar-refractivity contribution in [1.29, 1.82) is 0 Å². The van der Waals surface area contributed by atoms with Gasteiger partial charge in [-0.25, -0.2) is 4.79 Å². The second kappa shape index (κ2) is 8.51. The predicted octanol–water partition coefficient (Wildman–Crippen LogP) is 2.19. The molecule has 7 heteroatoms. The highest BCUT2D eigenvalue weighted by atomic mass is 16.4. The Kier molecular flexibility index (Phi) is 6.61. The quantitative estimate of drug-likeness (QED) is 0.534. The van der Waals surface area contributed by atoms with E-state index in [9.17, 15) is 19.8 Å². The molecule has 0 bridgehead atoms. The van der Waals surface area contributed by atoms with Gasteiger partial charge in [-0.05, 0) is 50.4 Å². The van der Waals surface area contributed by atoms with Crippen LogP contribution in [0.15, 0.2) is 18.2 Å². The molecule has 1 aliphatic heterocycles. The molecule has 1 atom stereocenters. The number of carbonyl (C=O) groups is 2. The number of hydrogen-bond acceptors (Lipinski definition) is 5. The number of carboxylic acid groups (broad SMARTS) is 1. The monoisotopic (exact) mass is 363 g/mol. The lowest BCUT2D eigenvalue weighted by atomic mass is 9.92. The van der Waals surface area contributed by atoms with E-state index < -0.39 is 11.5 Å². The average molecular weight is 363 g/mol. The van der Waals surface area contributed by atoms with Crippen LogP contribution in [0.1, 0.15) is 56.3 Å². The second-order valence-corrected chi connectivity index (χ2v) is 6.85. The molecule has 26 heavy (non-hydrogen) atoms. The number of aliphatic hydroxyl groups excluding tert-OH is 1. The van der Waals surface area contributed by atoms with Gasteiger partial charge in [0.1, 0.15) is 0 Å². The van der Waals surface area contributed by atoms with Gasteiger partial charge in [-0.3, -0.25) is 4.79 Å². The molecule has 1 fully saturated rings. The fourth-order valence-corrected chi connectivity index (χ4v) is 3.64. The molecular weight excluding hydrogens is 334 g/mol. The Balaban J connectivity index is 2.54. The summed E-state index contributed by atoms with van der Waals surface area (Å²) in [5, 5.41) is 22.7. The predicted molar refractivity (Wildman–Crippen MR) is 102 cm³/mol. The minimum atomic E-state index is -1.02. The van der Waals surface area contributed by atoms with Gasteiger partial charge in [0.2, 0.25) is 5.91 Å². The number of nitrogens with one attached hydrogen (secondary N) is 1. The zero-order chi connectivity index (χ0) is 19.3. The highest BCUT2D eigenvalue weighted by Crippen LogP contribution is 2.41. The number of aromatic carboxylic acids is 1. The first-order valence-corrected chi connectivity index (χ1v) is 9.20. The van der Waals surface area contributed by atoms with Crippen LogP contribution in [-0.4, -0.2) is 46.8 Å². The van der Waals surface area contributed by atoms with Crippen molar-refractivity contribution >= 4 is 23.3 Å². The number of nitrogens with zero attached hydrogens (tertiary/aromatic N) is 1. The topological polar surface area (TPSA) is 116 Å². The summed E-state index contributed by atoms with van der Waals surface area (Å²) in [6.07, 6.45) is 3.10. The van der Waals surface area contributed by atoms with Crippen LogP contribution in [-0.2, 0) is 4.79 Å². The largest absolute Gasteiger partial charge is 0.478 e. The number of carboxylic acids is 1. The van der Waals surface area contributed by atoms with E-state index in [1.165, 1.54) is 6.07 Å². The summed E-state index contributed by atoms with van der Waals surface area (Å²) in [5.74, 6) is -1.10. The summed E-state index contributed by atoms with van der Waals surface area (Å²) in [5.41, 5.74) is 6.36. The van der Waals surface area contributed by atoms with Crippen LogP contribution in [0.5, 0.6) is 0 Å². The molecule has 1 aromatic carbocycles. The van der Waals surface area contributed by atoms with Crippen molar-refractivity contribution in [2.75, 3.05) is 23.4 Å². The van der Waals surface area contributed by atoms with Crippen LogP contribution < -0.4 is 16.0 Å². The molecular formula is C19H29N3O4. The maximum Gasteiger partial charge on any atom is 0.335 e. The molecule has 1 saturated heterocycles. The Bertz CT molecular complexity index is 660. The smallest absolute Gasteiger partial charge is 0.335 e. The SMILES string of the molecule is CCC(CC)Nc1cc(C(=O)O)ccc1N1C(=O)CCC1(CO)CCN. The van der Waals surface area contributed by atoms with Gasteiger partial charge in [-0.1, -0.05) is 13.8 Å². The molecule has 1 aromatic rings. The lowest BCUT2D eigenvalue weighted by molar-refractivity contribution is -0.117. The van der Waals surface area contributed by atoms with Crippen LogP contribution in [0.25, 0.3) is 0 Å². The van der Waals surface area contributed by atoms with Gasteiger partial charge in [0.25, 0.3) is 0 Å². The van der Waals surface area contributed by atoms with Crippen molar-refractivity contribution in [3.05, 3.63) is 23.8 Å². The Morgan fingerprint density at radius 2 is 2.08 bits per heavy atom. The third kappa shape index (κ3) is 3.83. The van der Waals surface area contributed by atoms with E-state index in [1.807, 2.05) is 0 Å². The zero-order valence-electron chi connectivity index (χ0n) is 15.5. The number of hydrogen-bond donors (Lipinski definition) is 4. The van der Waals surface area contributed by atoms with E-state index in [4.69, 9.17) is 5.73 Å². The standard InChI is InChI=1S/C19H29N3O4/c1-3-14(4-2)21-15-11-13(18(25)26)5-6-16(15)22-17(24)7-8-19(22,12-23)9-10-20/h5-6,11,14,21,23H,3-4,7-10,12,20H2,1-2H3,(H,25,26). The Morgan fingerprint density at radius 3 is 2.62 bits per heavy atom. The first kappa shape index (κ1) is 20.2. The molecule has 7 nitrogen and oxygen atoms in total. The number of nitrogens with two attached hydrogens (primary N) is 1. The van der Waals surface area contributed by atoms with Crippen molar-refractivity contribution in [2.24, 2.45) is 5.73 Å². The van der Waals surface area contributed by atoms with Gasteiger partial charge < -0.3 is 26.2 Å². The van der Waals surface area contributed by atoms with Gasteiger partial charge in [0.15, 0.2) is 0 Å². The molecule has 0 aromatic heterocycles. The van der Waals surface area contributed by atoms with E-state index in [0.717, 1.165) is 12.8 Å². The molecule has 0 aliphatic carbocycles. The van der Waals surface area contributed by atoms with Gasteiger partial charge in [0, 0.05) is 12.5 Å². The lowest BCUT2D eigenvalue weighted by Crippen LogP contribution is -2.50. The van der Waals surface area contributed by atoms with Gasteiger partial charge in [-0.15, -0.1) is 0 Å². The number of anilines is 2. The van der Waals surface area contributed by atoms with Crippen molar-refractivity contribution < 1.29 is 19.8 Å². The first-order chi connectivity index (χ1) is 12.4. The highest BCUT2D eigenvalue weighted by Gasteiger charge is 2.46. The molecule has 144 valence electrons. The third-order valence-electron chi connectivity index (χ3n) is 5.26. The number of rotatable bonds is 9. The number of benzene rings is 1. The fraction of sp³-hybridized carbons (Fsp3) is 0.579. The molecule has 0 radical (unpaired) electrons. The van der Waals surface area contributed by atoms with Crippen molar-refractivity contribution in [3.8, 4) is 0 Å². The van der Waals surface area contributed by atoms with Crippen molar-refractivity contribution in [2.45, 2.75) is 57.5 Å². The summed E-state index contributed by atoms with van der Waals surface area (Å²) in [7, 11) is 0. The van der Waals surface area contributed by atoms with Crippen molar-refractivity contribution in [3.63, 3.8) is 0 Å². The normalized spacial score (nSPS) is 20.0. The van der Waals surface area contributed by atoms with E-state index in [1.54, 1.807) is 17.0 Å². The minimum absolute atomic E-state index is 0.0804. The summed E-state index contributed by atoms with van der Waals surface area (Å²) >= 11 is 0. The Hall–Kier alpha value is -2.12.